The van der Waals surface area contributed by atoms with Crippen LogP contribution in [0.2, 0.25) is 0 Å². The lowest BCUT2D eigenvalue weighted by atomic mass is 10.3. The maximum absolute atomic E-state index is 8.50. The van der Waals surface area contributed by atoms with Gasteiger partial charge in [-0.15, -0.1) is 0 Å². The number of thiol groups is 2. The molecule has 9 heavy (non-hydrogen) atoms. The van der Waals surface area contributed by atoms with Gasteiger partial charge in [0.2, 0.25) is 0 Å². The van der Waals surface area contributed by atoms with E-state index < -0.39 is 0 Å². The van der Waals surface area contributed by atoms with Gasteiger partial charge in [-0.1, -0.05) is 0 Å². The van der Waals surface area contributed by atoms with Gasteiger partial charge >= 0.3 is 0 Å². The largest absolute Gasteiger partial charge is 0.394 e. The number of rotatable bonds is 5. The summed E-state index contributed by atoms with van der Waals surface area (Å²) >= 11 is 7.04. The molecule has 0 saturated carbocycles. The van der Waals surface area contributed by atoms with Gasteiger partial charge in [-0.3, -0.25) is 0 Å². The fraction of sp³-hybridized carbons (Fsp3) is 1.00. The van der Waals surface area contributed by atoms with Gasteiger partial charge < -0.3 is 13.5 Å². The molecular weight excluding hydrogens is 160 g/mol. The molecule has 0 bridgehead atoms. The van der Waals surface area contributed by atoms with E-state index in [-0.39, 0.29) is 12.7 Å². The van der Waals surface area contributed by atoms with Crippen LogP contribution in [0.1, 0.15) is 6.42 Å². The molecule has 1 unspecified atom stereocenters. The Morgan fingerprint density at radius 1 is 1.44 bits per heavy atom. The summed E-state index contributed by atoms with van der Waals surface area (Å²) in [6.07, 6.45) is 0.351. The molecular formula is C4H10O3S2. The van der Waals surface area contributed by atoms with Gasteiger partial charge in [-0.25, -0.2) is 0 Å². The Morgan fingerprint density at radius 2 is 2.11 bits per heavy atom. The van der Waals surface area contributed by atoms with Crippen LogP contribution in [0.25, 0.3) is 0 Å². The summed E-state index contributed by atoms with van der Waals surface area (Å²) in [5.74, 6) is 0. The topological polar surface area (TPSA) is 38.7 Å². The molecule has 0 saturated heterocycles. The van der Waals surface area contributed by atoms with E-state index in [9.17, 15) is 0 Å². The third kappa shape index (κ3) is 5.05. The molecule has 0 aliphatic rings. The normalized spacial score (nSPS) is 13.7. The number of aliphatic hydroxyl groups excluding tert-OH is 1. The van der Waals surface area contributed by atoms with E-state index in [4.69, 9.17) is 5.11 Å². The molecule has 1 N–H and O–H groups in total. The van der Waals surface area contributed by atoms with Crippen LogP contribution in [0.3, 0.4) is 0 Å². The van der Waals surface area contributed by atoms with E-state index in [1.54, 1.807) is 0 Å². The van der Waals surface area contributed by atoms with E-state index in [0.29, 0.717) is 13.0 Å². The van der Waals surface area contributed by atoms with Crippen LogP contribution < -0.4 is 0 Å². The molecule has 0 aliphatic carbocycles. The molecule has 0 fully saturated rings. The Bertz CT molecular complexity index is 57.8. The molecule has 1 atom stereocenters. The zero-order valence-corrected chi connectivity index (χ0v) is 6.65. The third-order valence-electron chi connectivity index (χ3n) is 0.884. The lowest BCUT2D eigenvalue weighted by Gasteiger charge is -2.08. The molecule has 0 rings (SSSR count). The average molecular weight is 170 g/mol. The fourth-order valence-electron chi connectivity index (χ4n) is 0.361. The number of hydrogen-bond acceptors (Lipinski definition) is 5. The van der Waals surface area contributed by atoms with Crippen molar-refractivity contribution in [3.05, 3.63) is 0 Å². The Kier molecular flexibility index (Phi) is 7.13. The summed E-state index contributed by atoms with van der Waals surface area (Å²) in [6.45, 7) is 0.412. The zero-order valence-electron chi connectivity index (χ0n) is 4.86. The van der Waals surface area contributed by atoms with Crippen molar-refractivity contribution in [3.63, 3.8) is 0 Å². The molecule has 0 aromatic heterocycles. The van der Waals surface area contributed by atoms with E-state index in [1.165, 1.54) is 0 Å². The first-order valence-corrected chi connectivity index (χ1v) is 3.25. The first-order chi connectivity index (χ1) is 4.35. The summed E-state index contributed by atoms with van der Waals surface area (Å²) in [5, 5.41) is 8.50. The van der Waals surface area contributed by atoms with Crippen LogP contribution in [0.4, 0.5) is 0 Å². The van der Waals surface area contributed by atoms with E-state index in [1.807, 2.05) is 0 Å². The molecule has 0 amide bonds. The summed E-state index contributed by atoms with van der Waals surface area (Å²) in [5.41, 5.74) is 0. The predicted octanol–water partition coefficient (Wildman–Crippen LogP) is 0.460. The van der Waals surface area contributed by atoms with Gasteiger partial charge in [-0.05, 0) is 25.8 Å². The maximum Gasteiger partial charge on any atom is 0.0971 e. The number of aliphatic hydroxyl groups is 1. The van der Waals surface area contributed by atoms with Crippen molar-refractivity contribution in [1.82, 2.24) is 0 Å². The second-order valence-corrected chi connectivity index (χ2v) is 2.00. The minimum Gasteiger partial charge on any atom is -0.394 e. The van der Waals surface area contributed by atoms with Gasteiger partial charge in [-0.2, -0.15) is 0 Å². The molecule has 0 aromatic carbocycles. The minimum absolute atomic E-state index is 0.0410. The summed E-state index contributed by atoms with van der Waals surface area (Å²) in [6, 6.07) is 0. The highest BCUT2D eigenvalue weighted by Gasteiger charge is 2.04. The SMILES string of the molecule is OCC(CCOS)OS. The predicted molar refractivity (Wildman–Crippen MR) is 40.5 cm³/mol. The number of hydrogen-bond donors (Lipinski definition) is 3. The van der Waals surface area contributed by atoms with Crippen molar-refractivity contribution in [1.29, 1.82) is 0 Å². The maximum atomic E-state index is 8.50. The molecule has 0 radical (unpaired) electrons. The van der Waals surface area contributed by atoms with Crippen molar-refractivity contribution < 1.29 is 13.5 Å². The van der Waals surface area contributed by atoms with Crippen molar-refractivity contribution in [2.75, 3.05) is 13.2 Å². The van der Waals surface area contributed by atoms with E-state index >= 15 is 0 Å². The molecule has 0 aromatic rings. The monoisotopic (exact) mass is 170 g/mol. The van der Waals surface area contributed by atoms with Crippen LogP contribution in [-0.4, -0.2) is 24.4 Å². The molecule has 56 valence electrons. The lowest BCUT2D eigenvalue weighted by Crippen LogP contribution is -2.14. The van der Waals surface area contributed by atoms with E-state index in [2.05, 4.69) is 34.2 Å². The van der Waals surface area contributed by atoms with Crippen LogP contribution >= 0.6 is 25.8 Å². The van der Waals surface area contributed by atoms with Gasteiger partial charge in [0.1, 0.15) is 0 Å². The van der Waals surface area contributed by atoms with Gasteiger partial charge in [0.15, 0.2) is 0 Å². The molecule has 0 spiro atoms. The highest BCUT2D eigenvalue weighted by molar-refractivity contribution is 7.75. The standard InChI is InChI=1S/C4H10O3S2/c5-3-4(7-9)1-2-6-8/h4-5,8-9H,1-3H2. The molecule has 3 nitrogen and oxygen atoms in total. The Labute approximate surface area is 65.6 Å². The van der Waals surface area contributed by atoms with Gasteiger partial charge in [0, 0.05) is 6.42 Å². The summed E-state index contributed by atoms with van der Waals surface area (Å²) in [4.78, 5) is 0. The van der Waals surface area contributed by atoms with Crippen molar-refractivity contribution >= 4 is 25.8 Å². The highest BCUT2D eigenvalue weighted by Crippen LogP contribution is 2.00. The quantitative estimate of drug-likeness (QED) is 0.414. The van der Waals surface area contributed by atoms with Crippen molar-refractivity contribution in [3.8, 4) is 0 Å². The second-order valence-electron chi connectivity index (χ2n) is 1.53. The first-order valence-electron chi connectivity index (χ1n) is 2.52. The Balaban J connectivity index is 3.09. The molecule has 5 heteroatoms. The third-order valence-corrected chi connectivity index (χ3v) is 1.36. The Morgan fingerprint density at radius 3 is 2.44 bits per heavy atom. The van der Waals surface area contributed by atoms with Crippen molar-refractivity contribution in [2.45, 2.75) is 12.5 Å². The summed E-state index contributed by atoms with van der Waals surface area (Å²) in [7, 11) is 0. The van der Waals surface area contributed by atoms with Crippen molar-refractivity contribution in [2.24, 2.45) is 0 Å². The van der Waals surface area contributed by atoms with Crippen LogP contribution in [-0.2, 0) is 8.37 Å². The van der Waals surface area contributed by atoms with Crippen LogP contribution in [0.15, 0.2) is 0 Å². The fourth-order valence-corrected chi connectivity index (χ4v) is 0.639. The smallest absolute Gasteiger partial charge is 0.0971 e. The van der Waals surface area contributed by atoms with Crippen LogP contribution in [0, 0.1) is 0 Å². The second kappa shape index (κ2) is 6.70. The zero-order chi connectivity index (χ0) is 7.11. The average Bonchev–Trinajstić information content (AvgIpc) is 1.91. The summed E-state index contributed by atoms with van der Waals surface area (Å²) < 4.78 is 8.98. The molecule has 0 aliphatic heterocycles. The Hall–Kier alpha value is 0.580. The first kappa shape index (κ1) is 9.58. The van der Waals surface area contributed by atoms with Gasteiger partial charge in [0.25, 0.3) is 0 Å². The van der Waals surface area contributed by atoms with Crippen LogP contribution in [0.5, 0.6) is 0 Å². The minimum atomic E-state index is -0.250. The van der Waals surface area contributed by atoms with Gasteiger partial charge in [0.05, 0.1) is 19.3 Å². The van der Waals surface area contributed by atoms with E-state index in [0.717, 1.165) is 0 Å². The lowest BCUT2D eigenvalue weighted by molar-refractivity contribution is 0.119. The molecule has 0 heterocycles. The highest BCUT2D eigenvalue weighted by atomic mass is 32.1.